The van der Waals surface area contributed by atoms with E-state index < -0.39 is 41.2 Å². The molecule has 2 aromatic rings. The quantitative estimate of drug-likeness (QED) is 0.456. The maximum Gasteiger partial charge on any atom is 0.327 e. The summed E-state index contributed by atoms with van der Waals surface area (Å²) in [5, 5.41) is 12.0. The Hall–Kier alpha value is -2.27. The van der Waals surface area contributed by atoms with Crippen LogP contribution >= 0.6 is 15.9 Å². The number of carbonyl (C=O) groups is 2. The first-order valence-electron chi connectivity index (χ1n) is 9.07. The van der Waals surface area contributed by atoms with Gasteiger partial charge >= 0.3 is 5.97 Å². The van der Waals surface area contributed by atoms with Crippen molar-refractivity contribution in [3.05, 3.63) is 58.6 Å². The van der Waals surface area contributed by atoms with E-state index in [-0.39, 0.29) is 10.8 Å². The molecule has 0 heterocycles. The molecule has 0 saturated carbocycles. The number of esters is 1. The average Bonchev–Trinajstić information content (AvgIpc) is 2.70. The Balaban J connectivity index is 1.94. The number of aliphatic hydroxyl groups excluding tert-OH is 1. The van der Waals surface area contributed by atoms with Crippen molar-refractivity contribution in [3.8, 4) is 0 Å². The lowest BCUT2D eigenvalue weighted by Crippen LogP contribution is -2.44. The van der Waals surface area contributed by atoms with E-state index in [1.807, 2.05) is 26.0 Å². The number of ether oxygens (including phenoxy) is 1. The molecule has 8 nitrogen and oxygen atoms in total. The number of halogens is 1. The van der Waals surface area contributed by atoms with E-state index >= 15 is 0 Å². The van der Waals surface area contributed by atoms with Gasteiger partial charge in [-0.1, -0.05) is 41.9 Å². The van der Waals surface area contributed by atoms with Crippen LogP contribution in [-0.4, -0.2) is 44.7 Å². The Morgan fingerprint density at radius 1 is 1.13 bits per heavy atom. The van der Waals surface area contributed by atoms with Crippen molar-refractivity contribution in [2.75, 3.05) is 18.5 Å². The van der Waals surface area contributed by atoms with Gasteiger partial charge in [-0.05, 0) is 47.9 Å². The van der Waals surface area contributed by atoms with Gasteiger partial charge in [0.2, 0.25) is 10.0 Å². The smallest absolute Gasteiger partial charge is 0.327 e. The van der Waals surface area contributed by atoms with Gasteiger partial charge in [-0.15, -0.1) is 0 Å². The first-order valence-corrected chi connectivity index (χ1v) is 11.3. The van der Waals surface area contributed by atoms with Crippen molar-refractivity contribution in [3.63, 3.8) is 0 Å². The number of sulfonamides is 1. The Morgan fingerprint density at radius 2 is 1.80 bits per heavy atom. The number of hydrogen-bond acceptors (Lipinski definition) is 6. The van der Waals surface area contributed by atoms with Crippen LogP contribution in [0, 0.1) is 0 Å². The van der Waals surface area contributed by atoms with Crippen molar-refractivity contribution in [2.45, 2.75) is 30.7 Å². The van der Waals surface area contributed by atoms with Gasteiger partial charge in [0.25, 0.3) is 5.91 Å². The van der Waals surface area contributed by atoms with Crippen LogP contribution in [0.15, 0.2) is 57.9 Å². The molecule has 0 aromatic heterocycles. The highest BCUT2D eigenvalue weighted by atomic mass is 79.9. The zero-order chi connectivity index (χ0) is 22.3. The van der Waals surface area contributed by atoms with Crippen LogP contribution in [0.2, 0.25) is 0 Å². The van der Waals surface area contributed by atoms with Crippen LogP contribution < -0.4 is 10.0 Å². The van der Waals surface area contributed by atoms with Crippen LogP contribution in [0.25, 0.3) is 0 Å². The third kappa shape index (κ3) is 6.91. The largest absolute Gasteiger partial charge is 0.454 e. The third-order valence-electron chi connectivity index (χ3n) is 4.07. The highest BCUT2D eigenvalue weighted by Crippen LogP contribution is 2.18. The molecule has 0 radical (unpaired) electrons. The summed E-state index contributed by atoms with van der Waals surface area (Å²) >= 11 is 3.20. The molecule has 0 fully saturated rings. The fourth-order valence-corrected chi connectivity index (χ4v) is 3.88. The Kier molecular flexibility index (Phi) is 8.54. The summed E-state index contributed by atoms with van der Waals surface area (Å²) in [5.41, 5.74) is 1.59. The fraction of sp³-hybridized carbons (Fsp3) is 0.300. The monoisotopic (exact) mass is 498 g/mol. The highest BCUT2D eigenvalue weighted by Gasteiger charge is 2.27. The van der Waals surface area contributed by atoms with Gasteiger partial charge < -0.3 is 15.2 Å². The Bertz CT molecular complexity index is 993. The number of nitrogens with one attached hydrogen (secondary N) is 2. The maximum atomic E-state index is 12.4. The molecule has 0 aliphatic heterocycles. The summed E-state index contributed by atoms with van der Waals surface area (Å²) in [6.07, 6.45) is 0. The van der Waals surface area contributed by atoms with Crippen LogP contribution in [0.5, 0.6) is 0 Å². The van der Waals surface area contributed by atoms with E-state index in [1.54, 1.807) is 12.1 Å². The normalized spacial score (nSPS) is 12.4. The van der Waals surface area contributed by atoms with Crippen molar-refractivity contribution in [1.29, 1.82) is 0 Å². The summed E-state index contributed by atoms with van der Waals surface area (Å²) in [7, 11) is -4.07. The fourth-order valence-electron chi connectivity index (χ4n) is 2.44. The molecule has 2 rings (SSSR count). The molecular weight excluding hydrogens is 476 g/mol. The highest BCUT2D eigenvalue weighted by molar-refractivity contribution is 9.10. The third-order valence-corrected chi connectivity index (χ3v) is 6.09. The summed E-state index contributed by atoms with van der Waals surface area (Å²) in [6.45, 7) is 2.59. The molecule has 0 bridgehead atoms. The number of aliphatic hydroxyl groups is 1. The van der Waals surface area contributed by atoms with E-state index in [0.29, 0.717) is 10.2 Å². The molecule has 30 heavy (non-hydrogen) atoms. The van der Waals surface area contributed by atoms with E-state index in [1.165, 1.54) is 24.3 Å². The minimum absolute atomic E-state index is 0.0836. The van der Waals surface area contributed by atoms with Crippen LogP contribution in [0.3, 0.4) is 0 Å². The van der Waals surface area contributed by atoms with Gasteiger partial charge in [-0.25, -0.2) is 8.42 Å². The second-order valence-electron chi connectivity index (χ2n) is 6.75. The average molecular weight is 499 g/mol. The number of carbonyl (C=O) groups excluding carboxylic acids is 2. The van der Waals surface area contributed by atoms with Crippen LogP contribution in [-0.2, 0) is 24.3 Å². The van der Waals surface area contributed by atoms with Gasteiger partial charge in [0.05, 0.1) is 11.5 Å². The molecule has 0 spiro atoms. The molecule has 0 aliphatic rings. The minimum Gasteiger partial charge on any atom is -0.454 e. The summed E-state index contributed by atoms with van der Waals surface area (Å²) in [4.78, 5) is 24.1. The summed E-state index contributed by atoms with van der Waals surface area (Å²) < 4.78 is 32.3. The molecule has 10 heteroatoms. The van der Waals surface area contributed by atoms with Gasteiger partial charge in [0.1, 0.15) is 6.04 Å². The molecule has 1 unspecified atom stereocenters. The number of amides is 1. The molecule has 162 valence electrons. The number of hydrogen-bond donors (Lipinski definition) is 3. The predicted octanol–water partition coefficient (Wildman–Crippen LogP) is 2.39. The number of anilines is 1. The van der Waals surface area contributed by atoms with Crippen molar-refractivity contribution in [1.82, 2.24) is 4.72 Å². The molecule has 0 aliphatic carbocycles. The first-order chi connectivity index (χ1) is 14.1. The molecular formula is C20H23BrN2O6S. The summed E-state index contributed by atoms with van der Waals surface area (Å²) in [6, 6.07) is 11.4. The number of benzene rings is 2. The first kappa shape index (κ1) is 24.0. The standard InChI is InChI=1S/C20H23BrN2O6S/c1-13(2)14-4-3-5-16(10-14)22-19(25)12-29-20(26)18(11-24)23-30(27,28)17-8-6-15(21)7-9-17/h3-10,13,18,23-24H,11-12H2,1-2H3,(H,22,25). The lowest BCUT2D eigenvalue weighted by molar-refractivity contribution is -0.149. The molecule has 1 atom stereocenters. The van der Waals surface area contributed by atoms with Crippen molar-refractivity contribution in [2.24, 2.45) is 0 Å². The number of rotatable bonds is 9. The molecule has 2 aromatic carbocycles. The van der Waals surface area contributed by atoms with Crippen molar-refractivity contribution >= 4 is 43.5 Å². The SMILES string of the molecule is CC(C)c1cccc(NC(=O)COC(=O)C(CO)NS(=O)(=O)c2ccc(Br)cc2)c1. The molecule has 1 amide bonds. The zero-order valence-corrected chi connectivity index (χ0v) is 18.9. The second-order valence-corrected chi connectivity index (χ2v) is 9.38. The van der Waals surface area contributed by atoms with Gasteiger partial charge in [-0.2, -0.15) is 4.72 Å². The van der Waals surface area contributed by atoms with Crippen molar-refractivity contribution < 1.29 is 27.9 Å². The van der Waals surface area contributed by atoms with Crippen LogP contribution in [0.1, 0.15) is 25.3 Å². The van der Waals surface area contributed by atoms with E-state index in [2.05, 4.69) is 26.0 Å². The summed E-state index contributed by atoms with van der Waals surface area (Å²) in [5.74, 6) is -1.37. The Labute approximate surface area is 183 Å². The molecule has 0 saturated heterocycles. The lowest BCUT2D eigenvalue weighted by atomic mass is 10.0. The predicted molar refractivity (Wildman–Crippen MR) is 115 cm³/mol. The lowest BCUT2D eigenvalue weighted by Gasteiger charge is -2.16. The second kappa shape index (κ2) is 10.7. The zero-order valence-electron chi connectivity index (χ0n) is 16.5. The van der Waals surface area contributed by atoms with Gasteiger partial charge in [0.15, 0.2) is 6.61 Å². The van der Waals surface area contributed by atoms with E-state index in [9.17, 15) is 23.1 Å². The van der Waals surface area contributed by atoms with E-state index in [0.717, 1.165) is 5.56 Å². The van der Waals surface area contributed by atoms with Crippen LogP contribution in [0.4, 0.5) is 5.69 Å². The van der Waals surface area contributed by atoms with Gasteiger partial charge in [0, 0.05) is 10.2 Å². The molecule has 3 N–H and O–H groups in total. The maximum absolute atomic E-state index is 12.4. The van der Waals surface area contributed by atoms with E-state index in [4.69, 9.17) is 4.74 Å². The minimum atomic E-state index is -4.07. The topological polar surface area (TPSA) is 122 Å². The Morgan fingerprint density at radius 3 is 2.40 bits per heavy atom. The van der Waals surface area contributed by atoms with Gasteiger partial charge in [-0.3, -0.25) is 9.59 Å².